The lowest BCUT2D eigenvalue weighted by Crippen LogP contribution is -2.35. The Balaban J connectivity index is 1.62. The summed E-state index contributed by atoms with van der Waals surface area (Å²) in [5.74, 6) is 1.50. The van der Waals surface area contributed by atoms with Crippen molar-refractivity contribution in [3.8, 4) is 0 Å². The molecule has 0 amide bonds. The van der Waals surface area contributed by atoms with Gasteiger partial charge in [0.1, 0.15) is 5.82 Å². The van der Waals surface area contributed by atoms with Crippen molar-refractivity contribution in [2.45, 2.75) is 18.8 Å². The minimum absolute atomic E-state index is 0.520. The Morgan fingerprint density at radius 3 is 2.90 bits per heavy atom. The van der Waals surface area contributed by atoms with Gasteiger partial charge in [0.05, 0.1) is 22.2 Å². The number of aromatic nitrogens is 3. The second kappa shape index (κ2) is 5.41. The van der Waals surface area contributed by atoms with E-state index in [1.165, 1.54) is 17.8 Å². The number of benzene rings is 1. The van der Waals surface area contributed by atoms with Crippen molar-refractivity contribution >= 4 is 28.2 Å². The molecule has 0 N–H and O–H groups in total. The summed E-state index contributed by atoms with van der Waals surface area (Å²) >= 11 is 1.76. The number of nitrogens with zero attached hydrogens (tertiary/aromatic N) is 4. The quantitative estimate of drug-likeness (QED) is 0.726. The van der Waals surface area contributed by atoms with Crippen molar-refractivity contribution in [2.75, 3.05) is 18.0 Å². The minimum atomic E-state index is 0.520. The second-order valence-electron chi connectivity index (χ2n) is 5.37. The average Bonchev–Trinajstić information content (AvgIpc) is 3.09. The molecule has 2 aromatic heterocycles. The van der Waals surface area contributed by atoms with Gasteiger partial charge in [0, 0.05) is 30.6 Å². The van der Waals surface area contributed by atoms with E-state index in [4.69, 9.17) is 4.98 Å². The molecule has 3 heterocycles. The van der Waals surface area contributed by atoms with E-state index in [1.54, 1.807) is 11.3 Å². The van der Waals surface area contributed by atoms with Crippen molar-refractivity contribution in [1.82, 2.24) is 15.0 Å². The Labute approximate surface area is 127 Å². The lowest BCUT2D eigenvalue weighted by atomic mass is 9.99. The predicted molar refractivity (Wildman–Crippen MR) is 85.8 cm³/mol. The lowest BCUT2D eigenvalue weighted by molar-refractivity contribution is 0.505. The third kappa shape index (κ3) is 2.49. The number of piperidine rings is 1. The molecule has 0 spiro atoms. The Morgan fingerprint density at radius 1 is 1.14 bits per heavy atom. The Hall–Kier alpha value is -2.01. The maximum absolute atomic E-state index is 4.76. The molecule has 1 atom stereocenters. The van der Waals surface area contributed by atoms with Gasteiger partial charge >= 0.3 is 0 Å². The topological polar surface area (TPSA) is 41.9 Å². The van der Waals surface area contributed by atoms with Gasteiger partial charge in [0.2, 0.25) is 0 Å². The molecule has 4 rings (SSSR count). The predicted octanol–water partition coefficient (Wildman–Crippen LogP) is 3.47. The average molecular weight is 296 g/mol. The molecule has 0 saturated carbocycles. The summed E-state index contributed by atoms with van der Waals surface area (Å²) in [6.45, 7) is 2.04. The van der Waals surface area contributed by atoms with Crippen molar-refractivity contribution in [1.29, 1.82) is 0 Å². The van der Waals surface area contributed by atoms with E-state index < -0.39 is 0 Å². The highest BCUT2D eigenvalue weighted by Crippen LogP contribution is 2.30. The van der Waals surface area contributed by atoms with Crippen molar-refractivity contribution in [3.05, 3.63) is 47.0 Å². The normalized spacial score (nSPS) is 19.0. The number of anilines is 1. The van der Waals surface area contributed by atoms with Crippen LogP contribution in [0, 0.1) is 0 Å². The maximum Gasteiger partial charge on any atom is 0.147 e. The number of para-hydroxylation sites is 2. The molecule has 1 aliphatic heterocycles. The van der Waals surface area contributed by atoms with E-state index >= 15 is 0 Å². The molecular weight excluding hydrogens is 280 g/mol. The number of hydrogen-bond acceptors (Lipinski definition) is 5. The maximum atomic E-state index is 4.76. The van der Waals surface area contributed by atoms with Crippen molar-refractivity contribution in [3.63, 3.8) is 0 Å². The molecule has 3 aromatic rings. The molecule has 5 heteroatoms. The zero-order chi connectivity index (χ0) is 14.1. The van der Waals surface area contributed by atoms with Crippen LogP contribution >= 0.6 is 11.3 Å². The summed E-state index contributed by atoms with van der Waals surface area (Å²) in [5.41, 5.74) is 1.92. The number of thiazole rings is 1. The van der Waals surface area contributed by atoms with Gasteiger partial charge in [-0.15, -0.1) is 11.3 Å². The fraction of sp³-hybridized carbons (Fsp3) is 0.312. The van der Waals surface area contributed by atoms with E-state index in [-0.39, 0.29) is 0 Å². The van der Waals surface area contributed by atoms with Crippen LogP contribution in [0.1, 0.15) is 23.8 Å². The fourth-order valence-corrected chi connectivity index (χ4v) is 3.69. The Kier molecular flexibility index (Phi) is 3.27. The van der Waals surface area contributed by atoms with Gasteiger partial charge in [-0.1, -0.05) is 12.1 Å². The van der Waals surface area contributed by atoms with Crippen LogP contribution in [0.4, 0.5) is 5.82 Å². The van der Waals surface area contributed by atoms with Gasteiger partial charge in [-0.2, -0.15) is 0 Å². The molecule has 106 valence electrons. The number of fused-ring (bicyclic) bond motifs is 1. The van der Waals surface area contributed by atoms with Crippen LogP contribution in [-0.2, 0) is 0 Å². The fourth-order valence-electron chi connectivity index (χ4n) is 2.92. The van der Waals surface area contributed by atoms with Crippen LogP contribution in [-0.4, -0.2) is 28.0 Å². The van der Waals surface area contributed by atoms with Gasteiger partial charge in [-0.3, -0.25) is 4.98 Å². The largest absolute Gasteiger partial charge is 0.355 e. The van der Waals surface area contributed by atoms with E-state index in [9.17, 15) is 0 Å². The first-order chi connectivity index (χ1) is 10.4. The van der Waals surface area contributed by atoms with Crippen LogP contribution in [0.15, 0.2) is 42.0 Å². The molecule has 4 nitrogen and oxygen atoms in total. The van der Waals surface area contributed by atoms with Crippen molar-refractivity contribution < 1.29 is 0 Å². The first-order valence-electron chi connectivity index (χ1n) is 7.26. The molecule has 0 radical (unpaired) electrons. The van der Waals surface area contributed by atoms with Crippen LogP contribution < -0.4 is 4.90 Å². The molecule has 1 saturated heterocycles. The van der Waals surface area contributed by atoms with Gasteiger partial charge in [-0.05, 0) is 25.0 Å². The highest BCUT2D eigenvalue weighted by Gasteiger charge is 2.24. The van der Waals surface area contributed by atoms with E-state index in [2.05, 4.69) is 20.2 Å². The monoisotopic (exact) mass is 296 g/mol. The van der Waals surface area contributed by atoms with Crippen molar-refractivity contribution in [2.24, 2.45) is 0 Å². The van der Waals surface area contributed by atoms with Gasteiger partial charge in [0.25, 0.3) is 0 Å². The Bertz CT molecular complexity index is 741. The first kappa shape index (κ1) is 12.7. The van der Waals surface area contributed by atoms with Crippen LogP contribution in [0.3, 0.4) is 0 Å². The van der Waals surface area contributed by atoms with Gasteiger partial charge in [-0.25, -0.2) is 9.97 Å². The molecule has 1 aromatic carbocycles. The number of rotatable bonds is 2. The van der Waals surface area contributed by atoms with E-state index in [1.807, 2.05) is 36.7 Å². The lowest BCUT2D eigenvalue weighted by Gasteiger charge is -2.32. The van der Waals surface area contributed by atoms with Gasteiger partial charge < -0.3 is 4.90 Å². The first-order valence-corrected chi connectivity index (χ1v) is 8.14. The molecule has 21 heavy (non-hydrogen) atoms. The van der Waals surface area contributed by atoms with E-state index in [0.29, 0.717) is 5.92 Å². The summed E-state index contributed by atoms with van der Waals surface area (Å²) in [4.78, 5) is 16.1. The summed E-state index contributed by atoms with van der Waals surface area (Å²) in [6.07, 6.45) is 6.19. The third-order valence-electron chi connectivity index (χ3n) is 3.98. The minimum Gasteiger partial charge on any atom is -0.355 e. The highest BCUT2D eigenvalue weighted by molar-refractivity contribution is 7.09. The molecule has 1 aliphatic rings. The smallest absolute Gasteiger partial charge is 0.147 e. The van der Waals surface area contributed by atoms with Crippen LogP contribution in [0.2, 0.25) is 0 Å². The summed E-state index contributed by atoms with van der Waals surface area (Å²) < 4.78 is 0. The number of hydrogen-bond donors (Lipinski definition) is 0. The molecule has 1 unspecified atom stereocenters. The van der Waals surface area contributed by atoms with Crippen LogP contribution in [0.25, 0.3) is 11.0 Å². The molecular formula is C16H16N4S. The molecule has 1 fully saturated rings. The zero-order valence-electron chi connectivity index (χ0n) is 11.6. The highest BCUT2D eigenvalue weighted by atomic mass is 32.1. The summed E-state index contributed by atoms with van der Waals surface area (Å²) in [6, 6.07) is 8.03. The summed E-state index contributed by atoms with van der Waals surface area (Å²) in [5, 5.41) is 3.30. The Morgan fingerprint density at radius 2 is 2.05 bits per heavy atom. The standard InChI is InChI=1S/C16H16N4S/c1-2-6-14-13(5-1)18-10-15(19-14)20-8-3-4-12(11-20)16-17-7-9-21-16/h1-2,5-7,9-10,12H,3-4,8,11H2. The molecule has 0 bridgehead atoms. The zero-order valence-corrected chi connectivity index (χ0v) is 12.5. The van der Waals surface area contributed by atoms with Gasteiger partial charge in [0.15, 0.2) is 0 Å². The van der Waals surface area contributed by atoms with E-state index in [0.717, 1.165) is 29.9 Å². The molecule has 0 aliphatic carbocycles. The second-order valence-corrected chi connectivity index (χ2v) is 6.30. The SMILES string of the molecule is c1ccc2nc(N3CCCC(c4nccs4)C3)cnc2c1. The summed E-state index contributed by atoms with van der Waals surface area (Å²) in [7, 11) is 0. The van der Waals surface area contributed by atoms with Crippen LogP contribution in [0.5, 0.6) is 0 Å². The third-order valence-corrected chi connectivity index (χ3v) is 4.92.